The summed E-state index contributed by atoms with van der Waals surface area (Å²) < 4.78 is 8.62. The molecule has 65 heavy (non-hydrogen) atoms. The van der Waals surface area contributed by atoms with Crippen molar-refractivity contribution in [3.8, 4) is 39.1 Å². The second-order valence-electron chi connectivity index (χ2n) is 16.9. The van der Waals surface area contributed by atoms with Gasteiger partial charge >= 0.3 is 0 Å². The third kappa shape index (κ3) is 6.12. The SMILES string of the molecule is c1ccc(-n2c3ccccc3c3ccccc32)c(-c2ccc(N(c3ccc(-c4ccc(-c5cccc6oc7ccccc7c56)cc4)cc3)c3ccc4c(ccc5ccccc54)c3)cc2)c1. The number of nitrogens with zero attached hydrogens (tertiary/aromatic N) is 2. The van der Waals surface area contributed by atoms with Crippen molar-refractivity contribution in [2.24, 2.45) is 0 Å². The van der Waals surface area contributed by atoms with E-state index in [2.05, 4.69) is 240 Å². The monoisotopic (exact) mass is 828 g/mol. The summed E-state index contributed by atoms with van der Waals surface area (Å²) in [5, 5.41) is 9.78. The van der Waals surface area contributed by atoms with Crippen molar-refractivity contribution in [1.82, 2.24) is 4.57 Å². The average molecular weight is 829 g/mol. The summed E-state index contributed by atoms with van der Waals surface area (Å²) in [6.07, 6.45) is 0. The number of hydrogen-bond acceptors (Lipinski definition) is 2. The highest BCUT2D eigenvalue weighted by Gasteiger charge is 2.18. The Labute approximate surface area is 376 Å². The van der Waals surface area contributed by atoms with Gasteiger partial charge in [0.15, 0.2) is 0 Å². The van der Waals surface area contributed by atoms with Gasteiger partial charge in [-0.05, 0) is 116 Å². The van der Waals surface area contributed by atoms with Gasteiger partial charge in [-0.1, -0.05) is 176 Å². The van der Waals surface area contributed by atoms with Crippen LogP contribution in [0, 0.1) is 0 Å². The molecule has 0 N–H and O–H groups in total. The highest BCUT2D eigenvalue weighted by Crippen LogP contribution is 2.42. The zero-order valence-corrected chi connectivity index (χ0v) is 35.4. The maximum absolute atomic E-state index is 6.21. The molecule has 0 spiro atoms. The van der Waals surface area contributed by atoms with Crippen LogP contribution in [0.25, 0.3) is 104 Å². The molecule has 2 heterocycles. The second-order valence-corrected chi connectivity index (χ2v) is 16.9. The molecule has 0 aliphatic carbocycles. The minimum atomic E-state index is 0.909. The van der Waals surface area contributed by atoms with Gasteiger partial charge < -0.3 is 13.9 Å². The summed E-state index contributed by atoms with van der Waals surface area (Å²) in [4.78, 5) is 2.38. The number of para-hydroxylation sites is 4. The van der Waals surface area contributed by atoms with E-state index in [1.807, 2.05) is 12.1 Å². The first-order chi connectivity index (χ1) is 32.2. The van der Waals surface area contributed by atoms with Crippen molar-refractivity contribution in [2.75, 3.05) is 4.90 Å². The zero-order chi connectivity index (χ0) is 42.8. The van der Waals surface area contributed by atoms with Crippen LogP contribution in [0.5, 0.6) is 0 Å². The number of aromatic nitrogens is 1. The first kappa shape index (κ1) is 36.9. The second kappa shape index (κ2) is 15.0. The predicted molar refractivity (Wildman–Crippen MR) is 274 cm³/mol. The summed E-state index contributed by atoms with van der Waals surface area (Å²) in [5.74, 6) is 0. The molecule has 3 nitrogen and oxygen atoms in total. The number of fused-ring (bicyclic) bond motifs is 9. The Morgan fingerprint density at radius 2 is 0.800 bits per heavy atom. The van der Waals surface area contributed by atoms with E-state index in [9.17, 15) is 0 Å². The lowest BCUT2D eigenvalue weighted by atomic mass is 9.97. The number of anilines is 3. The van der Waals surface area contributed by atoms with Gasteiger partial charge in [-0.15, -0.1) is 0 Å². The van der Waals surface area contributed by atoms with E-state index in [-0.39, 0.29) is 0 Å². The van der Waals surface area contributed by atoms with Crippen LogP contribution in [0.1, 0.15) is 0 Å². The molecule has 0 unspecified atom stereocenters. The van der Waals surface area contributed by atoms with E-state index in [1.54, 1.807) is 0 Å². The molecule has 0 fully saturated rings. The fraction of sp³-hybridized carbons (Fsp3) is 0. The maximum Gasteiger partial charge on any atom is 0.136 e. The Kier molecular flexibility index (Phi) is 8.53. The third-order valence-corrected chi connectivity index (χ3v) is 13.2. The van der Waals surface area contributed by atoms with E-state index in [1.165, 1.54) is 65.6 Å². The standard InChI is InChI=1S/C62H40N2O/c1-2-13-50-43(12-1)28-29-46-40-49(38-39-51(46)50)63(47-34-30-42(31-35-47)41-24-26-45(27-25-41)53-18-11-23-61-62(53)56-17-6-10-22-60(56)65-61)48-36-32-44(33-37-48)52-14-3-7-19-57(52)64-58-20-8-4-15-54(58)55-16-5-9-21-59(55)64/h1-40H. The molecule has 11 aromatic carbocycles. The topological polar surface area (TPSA) is 21.3 Å². The summed E-state index contributed by atoms with van der Waals surface area (Å²) in [7, 11) is 0. The number of benzene rings is 11. The van der Waals surface area contributed by atoms with Gasteiger partial charge in [-0.2, -0.15) is 0 Å². The number of hydrogen-bond donors (Lipinski definition) is 0. The molecule has 0 amide bonds. The lowest BCUT2D eigenvalue weighted by molar-refractivity contribution is 0.669. The van der Waals surface area contributed by atoms with Crippen molar-refractivity contribution >= 4 is 82.4 Å². The van der Waals surface area contributed by atoms with Crippen molar-refractivity contribution in [3.63, 3.8) is 0 Å². The van der Waals surface area contributed by atoms with Crippen LogP contribution in [0.3, 0.4) is 0 Å². The minimum Gasteiger partial charge on any atom is -0.456 e. The van der Waals surface area contributed by atoms with E-state index in [4.69, 9.17) is 4.42 Å². The normalized spacial score (nSPS) is 11.7. The Morgan fingerprint density at radius 3 is 1.54 bits per heavy atom. The smallest absolute Gasteiger partial charge is 0.136 e. The van der Waals surface area contributed by atoms with Gasteiger partial charge in [0.05, 0.1) is 16.7 Å². The van der Waals surface area contributed by atoms with Gasteiger partial charge in [-0.3, -0.25) is 0 Å². The molecule has 0 atom stereocenters. The van der Waals surface area contributed by atoms with Crippen molar-refractivity contribution < 1.29 is 4.42 Å². The molecule has 304 valence electrons. The lowest BCUT2D eigenvalue weighted by Crippen LogP contribution is -2.10. The largest absolute Gasteiger partial charge is 0.456 e. The number of rotatable bonds is 7. The summed E-state index contributed by atoms with van der Waals surface area (Å²) in [6, 6.07) is 87.7. The summed E-state index contributed by atoms with van der Waals surface area (Å²) >= 11 is 0. The van der Waals surface area contributed by atoms with Crippen LogP contribution in [-0.4, -0.2) is 4.57 Å². The predicted octanol–water partition coefficient (Wildman–Crippen LogP) is 17.5. The molecule has 2 aromatic heterocycles. The summed E-state index contributed by atoms with van der Waals surface area (Å²) in [6.45, 7) is 0. The molecule has 0 radical (unpaired) electrons. The van der Waals surface area contributed by atoms with Crippen molar-refractivity contribution in [1.29, 1.82) is 0 Å². The molecule has 13 aromatic rings. The van der Waals surface area contributed by atoms with Crippen LogP contribution in [0.2, 0.25) is 0 Å². The molecular weight excluding hydrogens is 789 g/mol. The van der Waals surface area contributed by atoms with Gasteiger partial charge in [0.2, 0.25) is 0 Å². The molecule has 0 bridgehead atoms. The average Bonchev–Trinajstić information content (AvgIpc) is 3.93. The van der Waals surface area contributed by atoms with E-state index in [0.717, 1.165) is 55.8 Å². The lowest BCUT2D eigenvalue weighted by Gasteiger charge is -2.26. The number of furan rings is 1. The molecular formula is C62H40N2O. The van der Waals surface area contributed by atoms with Gasteiger partial charge in [0.1, 0.15) is 11.2 Å². The van der Waals surface area contributed by atoms with Crippen LogP contribution < -0.4 is 4.90 Å². The Morgan fingerprint density at radius 1 is 0.308 bits per heavy atom. The van der Waals surface area contributed by atoms with Crippen LogP contribution in [0.15, 0.2) is 247 Å². The van der Waals surface area contributed by atoms with E-state index < -0.39 is 0 Å². The molecule has 0 aliphatic rings. The summed E-state index contributed by atoms with van der Waals surface area (Å²) in [5.41, 5.74) is 15.7. The molecule has 0 aliphatic heterocycles. The first-order valence-corrected chi connectivity index (χ1v) is 22.2. The highest BCUT2D eigenvalue weighted by molar-refractivity contribution is 6.13. The van der Waals surface area contributed by atoms with Crippen molar-refractivity contribution in [2.45, 2.75) is 0 Å². The fourth-order valence-electron chi connectivity index (χ4n) is 10.1. The van der Waals surface area contributed by atoms with Gasteiger partial charge in [0.25, 0.3) is 0 Å². The van der Waals surface area contributed by atoms with Gasteiger partial charge in [-0.25, -0.2) is 0 Å². The van der Waals surface area contributed by atoms with Gasteiger partial charge in [0, 0.05) is 44.2 Å². The van der Waals surface area contributed by atoms with Crippen LogP contribution in [-0.2, 0) is 0 Å². The Balaban J connectivity index is 0.885. The first-order valence-electron chi connectivity index (χ1n) is 22.2. The quantitative estimate of drug-likeness (QED) is 0.149. The highest BCUT2D eigenvalue weighted by atomic mass is 16.3. The Hall–Kier alpha value is -8.66. The molecule has 13 rings (SSSR count). The van der Waals surface area contributed by atoms with Crippen LogP contribution >= 0.6 is 0 Å². The molecule has 0 saturated heterocycles. The van der Waals surface area contributed by atoms with Crippen LogP contribution in [0.4, 0.5) is 17.1 Å². The van der Waals surface area contributed by atoms with E-state index in [0.29, 0.717) is 0 Å². The molecule has 0 saturated carbocycles. The third-order valence-electron chi connectivity index (χ3n) is 13.2. The maximum atomic E-state index is 6.21. The Bertz CT molecular complexity index is 3880. The van der Waals surface area contributed by atoms with E-state index >= 15 is 0 Å². The molecule has 3 heteroatoms. The van der Waals surface area contributed by atoms with Crippen molar-refractivity contribution in [3.05, 3.63) is 243 Å². The minimum absolute atomic E-state index is 0.909. The fourth-order valence-corrected chi connectivity index (χ4v) is 10.1. The zero-order valence-electron chi connectivity index (χ0n) is 35.4.